The average Bonchev–Trinajstić information content (AvgIpc) is 3.17. The Morgan fingerprint density at radius 2 is 2.16 bits per heavy atom. The zero-order chi connectivity index (χ0) is 22.2. The standard InChI is InChI=1S/C24H34N4O3/c1-4-9-26-23(30)24(25,12-21(29)31-5-2)16-11-18-17-7-6-8-19-22(17)15(13-27-19)10-20(18)28(3)14-16/h6-8,13,16,18,20,27H,4-5,9-12,14,25H2,1-3H3,(H,26,30)/t16?,18-,20-,24?/m1/s1. The van der Waals surface area contributed by atoms with Crippen molar-refractivity contribution in [3.8, 4) is 0 Å². The molecule has 0 radical (unpaired) electrons. The van der Waals surface area contributed by atoms with E-state index in [1.165, 1.54) is 16.5 Å². The number of likely N-dealkylation sites (tertiary alicyclic amines) is 1. The van der Waals surface area contributed by atoms with Gasteiger partial charge in [-0.15, -0.1) is 0 Å². The molecule has 1 fully saturated rings. The second kappa shape index (κ2) is 8.63. The molecule has 2 unspecified atom stereocenters. The number of H-pyrrole nitrogens is 1. The number of aromatic amines is 1. The lowest BCUT2D eigenvalue weighted by Crippen LogP contribution is -2.65. The minimum absolute atomic E-state index is 0.105. The molecule has 31 heavy (non-hydrogen) atoms. The number of nitrogens with two attached hydrogens (primary N) is 1. The predicted molar refractivity (Wildman–Crippen MR) is 121 cm³/mol. The number of hydrogen-bond donors (Lipinski definition) is 3. The van der Waals surface area contributed by atoms with Crippen molar-refractivity contribution in [2.45, 2.75) is 57.0 Å². The van der Waals surface area contributed by atoms with Gasteiger partial charge in [-0.3, -0.25) is 9.59 Å². The van der Waals surface area contributed by atoms with E-state index >= 15 is 0 Å². The molecular weight excluding hydrogens is 392 g/mol. The van der Waals surface area contributed by atoms with Crippen LogP contribution >= 0.6 is 0 Å². The molecule has 4 rings (SSSR count). The van der Waals surface area contributed by atoms with Crippen molar-refractivity contribution in [2.75, 3.05) is 26.7 Å². The van der Waals surface area contributed by atoms with Crippen molar-refractivity contribution >= 4 is 22.8 Å². The highest BCUT2D eigenvalue weighted by Crippen LogP contribution is 2.46. The van der Waals surface area contributed by atoms with Crippen LogP contribution in [0.5, 0.6) is 0 Å². The quantitative estimate of drug-likeness (QED) is 0.590. The fourth-order valence-electron chi connectivity index (χ4n) is 5.58. The van der Waals surface area contributed by atoms with E-state index in [0.717, 1.165) is 24.8 Å². The van der Waals surface area contributed by atoms with Crippen LogP contribution in [0, 0.1) is 5.92 Å². The third-order valence-electron chi connectivity index (χ3n) is 7.15. The van der Waals surface area contributed by atoms with Crippen LogP contribution in [0.2, 0.25) is 0 Å². The summed E-state index contributed by atoms with van der Waals surface area (Å²) in [6.45, 7) is 5.26. The second-order valence-corrected chi connectivity index (χ2v) is 9.11. The minimum atomic E-state index is -1.30. The summed E-state index contributed by atoms with van der Waals surface area (Å²) in [5.41, 5.74) is 9.32. The molecule has 2 heterocycles. The van der Waals surface area contributed by atoms with Crippen LogP contribution in [-0.2, 0) is 20.7 Å². The SMILES string of the molecule is CCCNC(=O)C(N)(CC(=O)OCC)C1C[C@@H]2c3cccc4[nH]cc(c34)C[C@H]2N(C)C1. The number of ether oxygens (including phenoxy) is 1. The van der Waals surface area contributed by atoms with Gasteiger partial charge in [0.2, 0.25) is 5.91 Å². The number of carbonyl (C=O) groups excluding carboxylic acids is 2. The number of carbonyl (C=O) groups is 2. The molecule has 7 nitrogen and oxygen atoms in total. The highest BCUT2D eigenvalue weighted by atomic mass is 16.5. The van der Waals surface area contributed by atoms with E-state index < -0.39 is 11.5 Å². The molecule has 4 atom stereocenters. The molecule has 0 bridgehead atoms. The largest absolute Gasteiger partial charge is 0.466 e. The number of fused-ring (bicyclic) bond motifs is 2. The first-order valence-electron chi connectivity index (χ1n) is 11.4. The maximum Gasteiger partial charge on any atom is 0.308 e. The smallest absolute Gasteiger partial charge is 0.308 e. The van der Waals surface area contributed by atoms with Crippen LogP contribution in [0.4, 0.5) is 0 Å². The summed E-state index contributed by atoms with van der Waals surface area (Å²) in [5.74, 6) is -0.564. The Hall–Kier alpha value is -2.38. The van der Waals surface area contributed by atoms with Gasteiger partial charge in [0.25, 0.3) is 0 Å². The fraction of sp³-hybridized carbons (Fsp3) is 0.583. The zero-order valence-corrected chi connectivity index (χ0v) is 18.7. The molecule has 2 aliphatic rings. The van der Waals surface area contributed by atoms with Crippen LogP contribution < -0.4 is 11.1 Å². The van der Waals surface area contributed by atoms with E-state index in [1.54, 1.807) is 6.92 Å². The molecule has 1 aromatic heterocycles. The average molecular weight is 427 g/mol. The first kappa shape index (κ1) is 21.8. The van der Waals surface area contributed by atoms with Gasteiger partial charge in [-0.25, -0.2) is 0 Å². The normalized spacial score (nSPS) is 25.0. The third-order valence-corrected chi connectivity index (χ3v) is 7.15. The lowest BCUT2D eigenvalue weighted by molar-refractivity contribution is -0.149. The van der Waals surface area contributed by atoms with Gasteiger partial charge in [0.15, 0.2) is 0 Å². The van der Waals surface area contributed by atoms with Crippen molar-refractivity contribution in [1.29, 1.82) is 0 Å². The van der Waals surface area contributed by atoms with Crippen LogP contribution in [0.1, 0.15) is 50.2 Å². The van der Waals surface area contributed by atoms with E-state index in [4.69, 9.17) is 10.5 Å². The van der Waals surface area contributed by atoms with Crippen molar-refractivity contribution < 1.29 is 14.3 Å². The molecule has 0 saturated carbocycles. The van der Waals surface area contributed by atoms with E-state index in [1.807, 2.05) is 6.92 Å². The molecule has 1 saturated heterocycles. The number of amides is 1. The maximum atomic E-state index is 13.2. The topological polar surface area (TPSA) is 100 Å². The summed E-state index contributed by atoms with van der Waals surface area (Å²) in [7, 11) is 2.11. The van der Waals surface area contributed by atoms with Crippen molar-refractivity contribution in [3.05, 3.63) is 35.5 Å². The molecule has 4 N–H and O–H groups in total. The van der Waals surface area contributed by atoms with Crippen LogP contribution in [0.3, 0.4) is 0 Å². The number of piperidine rings is 1. The van der Waals surface area contributed by atoms with Gasteiger partial charge in [0.1, 0.15) is 5.54 Å². The van der Waals surface area contributed by atoms with E-state index in [-0.39, 0.29) is 30.8 Å². The summed E-state index contributed by atoms with van der Waals surface area (Å²) < 4.78 is 5.18. The summed E-state index contributed by atoms with van der Waals surface area (Å²) in [5, 5.41) is 4.25. The van der Waals surface area contributed by atoms with Gasteiger partial charge in [0, 0.05) is 42.1 Å². The number of likely N-dealkylation sites (N-methyl/N-ethyl adjacent to an activating group) is 1. The Labute approximate surface area is 183 Å². The van der Waals surface area contributed by atoms with E-state index in [0.29, 0.717) is 19.1 Å². The Morgan fingerprint density at radius 3 is 2.90 bits per heavy atom. The second-order valence-electron chi connectivity index (χ2n) is 9.11. The first-order chi connectivity index (χ1) is 14.9. The number of aromatic nitrogens is 1. The monoisotopic (exact) mass is 426 g/mol. The van der Waals surface area contributed by atoms with Crippen LogP contribution in [0.25, 0.3) is 10.9 Å². The molecule has 1 aromatic carbocycles. The fourth-order valence-corrected chi connectivity index (χ4v) is 5.58. The lowest BCUT2D eigenvalue weighted by atomic mass is 9.67. The maximum absolute atomic E-state index is 13.2. The Kier molecular flexibility index (Phi) is 6.08. The van der Waals surface area contributed by atoms with Gasteiger partial charge in [0.05, 0.1) is 13.0 Å². The summed E-state index contributed by atoms with van der Waals surface area (Å²) in [4.78, 5) is 31.4. The number of nitrogens with zero attached hydrogens (tertiary/aromatic N) is 1. The number of esters is 1. The van der Waals surface area contributed by atoms with E-state index in [9.17, 15) is 9.59 Å². The number of rotatable bonds is 7. The molecular formula is C24H34N4O3. The number of hydrogen-bond acceptors (Lipinski definition) is 5. The molecule has 7 heteroatoms. The Morgan fingerprint density at radius 1 is 1.35 bits per heavy atom. The van der Waals surface area contributed by atoms with Gasteiger partial charge in [-0.1, -0.05) is 19.1 Å². The van der Waals surface area contributed by atoms with Gasteiger partial charge in [-0.2, -0.15) is 0 Å². The molecule has 1 amide bonds. The Balaban J connectivity index is 1.68. The zero-order valence-electron chi connectivity index (χ0n) is 18.7. The van der Waals surface area contributed by atoms with Crippen molar-refractivity contribution in [1.82, 2.24) is 15.2 Å². The minimum Gasteiger partial charge on any atom is -0.466 e. The van der Waals surface area contributed by atoms with Crippen molar-refractivity contribution in [3.63, 3.8) is 0 Å². The summed E-state index contributed by atoms with van der Waals surface area (Å²) >= 11 is 0. The molecule has 1 aliphatic carbocycles. The summed E-state index contributed by atoms with van der Waals surface area (Å²) in [6.07, 6.45) is 4.58. The van der Waals surface area contributed by atoms with Gasteiger partial charge >= 0.3 is 5.97 Å². The lowest BCUT2D eigenvalue weighted by Gasteiger charge is -2.49. The molecule has 168 valence electrons. The number of benzene rings is 1. The molecule has 2 aromatic rings. The van der Waals surface area contributed by atoms with Crippen molar-refractivity contribution in [2.24, 2.45) is 11.7 Å². The first-order valence-corrected chi connectivity index (χ1v) is 11.4. The predicted octanol–water partition coefficient (Wildman–Crippen LogP) is 2.30. The van der Waals surface area contributed by atoms with Crippen LogP contribution in [-0.4, -0.2) is 60.1 Å². The van der Waals surface area contributed by atoms with Gasteiger partial charge < -0.3 is 25.7 Å². The van der Waals surface area contributed by atoms with Gasteiger partial charge in [-0.05, 0) is 56.3 Å². The van der Waals surface area contributed by atoms with E-state index in [2.05, 4.69) is 46.6 Å². The highest BCUT2D eigenvalue weighted by molar-refractivity contribution is 5.91. The Bertz CT molecular complexity index is 971. The van der Waals surface area contributed by atoms with Crippen LogP contribution in [0.15, 0.2) is 24.4 Å². The molecule has 0 spiro atoms. The third kappa shape index (κ3) is 3.85. The summed E-state index contributed by atoms with van der Waals surface area (Å²) in [6, 6.07) is 6.76. The number of nitrogens with one attached hydrogen (secondary N) is 2. The highest BCUT2D eigenvalue weighted by Gasteiger charge is 2.50. The molecule has 1 aliphatic heterocycles.